The molecule has 2 aromatic heterocycles. The maximum absolute atomic E-state index is 11.1. The SMILES string of the molecule is CC(C)[C@H](Nc1ncnc2nc[nH]c12)C(=O)O.Cl. The van der Waals surface area contributed by atoms with Gasteiger partial charge in [-0.2, -0.15) is 0 Å². The molecule has 0 spiro atoms. The van der Waals surface area contributed by atoms with Crippen molar-refractivity contribution in [3.8, 4) is 0 Å². The Labute approximate surface area is 109 Å². The van der Waals surface area contributed by atoms with E-state index in [9.17, 15) is 4.79 Å². The molecule has 0 aliphatic rings. The molecule has 0 bridgehead atoms. The zero-order valence-corrected chi connectivity index (χ0v) is 10.7. The van der Waals surface area contributed by atoms with E-state index in [4.69, 9.17) is 5.11 Å². The van der Waals surface area contributed by atoms with E-state index in [1.165, 1.54) is 12.7 Å². The van der Waals surface area contributed by atoms with Gasteiger partial charge < -0.3 is 15.4 Å². The summed E-state index contributed by atoms with van der Waals surface area (Å²) in [5, 5.41) is 12.0. The van der Waals surface area contributed by atoms with E-state index in [1.54, 1.807) is 0 Å². The van der Waals surface area contributed by atoms with Gasteiger partial charge in [0.2, 0.25) is 0 Å². The Kier molecular flexibility index (Phi) is 4.43. The molecule has 0 saturated heterocycles. The monoisotopic (exact) mass is 271 g/mol. The van der Waals surface area contributed by atoms with Crippen molar-refractivity contribution in [3.05, 3.63) is 12.7 Å². The first kappa shape index (κ1) is 14.2. The van der Waals surface area contributed by atoms with Crippen molar-refractivity contribution in [2.75, 3.05) is 5.32 Å². The van der Waals surface area contributed by atoms with Crippen molar-refractivity contribution in [2.45, 2.75) is 19.9 Å². The van der Waals surface area contributed by atoms with Crippen LogP contribution in [0.5, 0.6) is 0 Å². The van der Waals surface area contributed by atoms with Crippen LogP contribution in [0.15, 0.2) is 12.7 Å². The fraction of sp³-hybridized carbons (Fsp3) is 0.400. The summed E-state index contributed by atoms with van der Waals surface area (Å²) >= 11 is 0. The fourth-order valence-corrected chi connectivity index (χ4v) is 1.54. The zero-order chi connectivity index (χ0) is 12.4. The molecule has 0 fully saturated rings. The third kappa shape index (κ3) is 2.67. The van der Waals surface area contributed by atoms with E-state index < -0.39 is 12.0 Å². The predicted molar refractivity (Wildman–Crippen MR) is 68.8 cm³/mol. The zero-order valence-electron chi connectivity index (χ0n) is 9.91. The Bertz CT molecular complexity index is 542. The van der Waals surface area contributed by atoms with Crippen LogP contribution in [-0.4, -0.2) is 37.1 Å². The summed E-state index contributed by atoms with van der Waals surface area (Å²) in [7, 11) is 0. The van der Waals surface area contributed by atoms with Gasteiger partial charge in [0.25, 0.3) is 0 Å². The lowest BCUT2D eigenvalue weighted by Gasteiger charge is -2.18. The van der Waals surface area contributed by atoms with E-state index in [-0.39, 0.29) is 18.3 Å². The molecule has 0 saturated carbocycles. The largest absolute Gasteiger partial charge is 0.480 e. The summed E-state index contributed by atoms with van der Waals surface area (Å²) in [4.78, 5) is 25.9. The summed E-state index contributed by atoms with van der Waals surface area (Å²) in [5.41, 5.74) is 1.12. The van der Waals surface area contributed by atoms with Crippen LogP contribution in [0.2, 0.25) is 0 Å². The third-order valence-corrected chi connectivity index (χ3v) is 2.45. The molecular weight excluding hydrogens is 258 g/mol. The summed E-state index contributed by atoms with van der Waals surface area (Å²) in [6.45, 7) is 3.66. The van der Waals surface area contributed by atoms with Gasteiger partial charge in [0, 0.05) is 0 Å². The first-order valence-corrected chi connectivity index (χ1v) is 5.23. The number of nitrogens with one attached hydrogen (secondary N) is 2. The molecule has 0 radical (unpaired) electrons. The Morgan fingerprint density at radius 2 is 2.11 bits per heavy atom. The Morgan fingerprint density at radius 3 is 2.72 bits per heavy atom. The van der Waals surface area contributed by atoms with Crippen molar-refractivity contribution in [1.82, 2.24) is 19.9 Å². The average Bonchev–Trinajstić information content (AvgIpc) is 2.73. The van der Waals surface area contributed by atoms with Gasteiger partial charge in [0.1, 0.15) is 17.9 Å². The van der Waals surface area contributed by atoms with Crippen LogP contribution in [0.3, 0.4) is 0 Å². The minimum atomic E-state index is -0.911. The lowest BCUT2D eigenvalue weighted by Crippen LogP contribution is -2.34. The molecule has 98 valence electrons. The lowest BCUT2D eigenvalue weighted by molar-refractivity contribution is -0.138. The van der Waals surface area contributed by atoms with Gasteiger partial charge in [-0.15, -0.1) is 12.4 Å². The van der Waals surface area contributed by atoms with Gasteiger partial charge in [-0.25, -0.2) is 19.7 Å². The molecule has 1 atom stereocenters. The highest BCUT2D eigenvalue weighted by Crippen LogP contribution is 2.17. The van der Waals surface area contributed by atoms with Gasteiger partial charge in [-0.1, -0.05) is 13.8 Å². The normalized spacial score (nSPS) is 12.2. The van der Waals surface area contributed by atoms with E-state index in [1.807, 2.05) is 13.8 Å². The van der Waals surface area contributed by atoms with Gasteiger partial charge in [0.15, 0.2) is 11.5 Å². The first-order chi connectivity index (χ1) is 8.09. The van der Waals surface area contributed by atoms with Gasteiger partial charge in [-0.05, 0) is 5.92 Å². The minimum absolute atomic E-state index is 0. The van der Waals surface area contributed by atoms with Crippen LogP contribution in [0.25, 0.3) is 11.2 Å². The molecule has 0 aliphatic heterocycles. The van der Waals surface area contributed by atoms with E-state index in [0.717, 1.165) is 0 Å². The second-order valence-electron chi connectivity index (χ2n) is 4.03. The Hall–Kier alpha value is -1.89. The van der Waals surface area contributed by atoms with Crippen LogP contribution in [0.4, 0.5) is 5.82 Å². The first-order valence-electron chi connectivity index (χ1n) is 5.23. The number of carbonyl (C=O) groups is 1. The van der Waals surface area contributed by atoms with E-state index in [2.05, 4.69) is 25.3 Å². The van der Waals surface area contributed by atoms with E-state index >= 15 is 0 Å². The predicted octanol–water partition coefficient (Wildman–Crippen LogP) is 1.30. The van der Waals surface area contributed by atoms with Crippen LogP contribution in [-0.2, 0) is 4.79 Å². The number of aromatic nitrogens is 4. The third-order valence-electron chi connectivity index (χ3n) is 2.45. The van der Waals surface area contributed by atoms with Crippen LogP contribution >= 0.6 is 12.4 Å². The number of aromatic amines is 1. The number of fused-ring (bicyclic) bond motifs is 1. The quantitative estimate of drug-likeness (QED) is 0.774. The van der Waals surface area contributed by atoms with Crippen LogP contribution in [0.1, 0.15) is 13.8 Å². The standard InChI is InChI=1S/C10H13N5O2.ClH/c1-5(2)6(10(16)17)15-9-7-8(12-3-11-7)13-4-14-9;/h3-6H,1-2H3,(H,16,17)(H2,11,12,13,14,15);1H/t6-;/m0./s1. The molecule has 0 aliphatic carbocycles. The van der Waals surface area contributed by atoms with Crippen molar-refractivity contribution in [3.63, 3.8) is 0 Å². The molecule has 2 heterocycles. The molecule has 0 unspecified atom stereocenters. The molecule has 8 heteroatoms. The summed E-state index contributed by atoms with van der Waals surface area (Å²) in [6, 6.07) is -0.698. The minimum Gasteiger partial charge on any atom is -0.480 e. The maximum atomic E-state index is 11.1. The molecular formula is C10H14ClN5O2. The number of carboxylic acids is 1. The van der Waals surface area contributed by atoms with Crippen LogP contribution < -0.4 is 5.32 Å². The summed E-state index contributed by atoms with van der Waals surface area (Å²) in [6.07, 6.45) is 2.85. The molecule has 3 N–H and O–H groups in total. The van der Waals surface area contributed by atoms with E-state index in [0.29, 0.717) is 17.0 Å². The van der Waals surface area contributed by atoms with Crippen molar-refractivity contribution in [1.29, 1.82) is 0 Å². The van der Waals surface area contributed by atoms with Gasteiger partial charge >= 0.3 is 5.97 Å². The number of hydrogen-bond donors (Lipinski definition) is 3. The number of aliphatic carboxylic acids is 1. The highest BCUT2D eigenvalue weighted by molar-refractivity contribution is 5.86. The number of carboxylic acid groups (broad SMARTS) is 1. The smallest absolute Gasteiger partial charge is 0.326 e. The number of hydrogen-bond acceptors (Lipinski definition) is 5. The maximum Gasteiger partial charge on any atom is 0.326 e. The highest BCUT2D eigenvalue weighted by atomic mass is 35.5. The molecule has 7 nitrogen and oxygen atoms in total. The van der Waals surface area contributed by atoms with Crippen molar-refractivity contribution in [2.24, 2.45) is 5.92 Å². The number of H-pyrrole nitrogens is 1. The number of rotatable bonds is 4. The molecule has 18 heavy (non-hydrogen) atoms. The molecule has 0 amide bonds. The number of anilines is 1. The molecule has 2 aromatic rings. The van der Waals surface area contributed by atoms with Crippen LogP contribution in [0, 0.1) is 5.92 Å². The Morgan fingerprint density at radius 1 is 1.39 bits per heavy atom. The number of halogens is 1. The number of imidazole rings is 1. The summed E-state index contributed by atoms with van der Waals surface area (Å²) in [5.74, 6) is -0.514. The number of nitrogens with zero attached hydrogens (tertiary/aromatic N) is 3. The highest BCUT2D eigenvalue weighted by Gasteiger charge is 2.22. The Balaban J connectivity index is 0.00000162. The van der Waals surface area contributed by atoms with Crippen molar-refractivity contribution < 1.29 is 9.90 Å². The second kappa shape index (κ2) is 5.63. The fourth-order valence-electron chi connectivity index (χ4n) is 1.54. The summed E-state index contributed by atoms with van der Waals surface area (Å²) < 4.78 is 0. The average molecular weight is 272 g/mol. The molecule has 0 aromatic carbocycles. The van der Waals surface area contributed by atoms with Crippen molar-refractivity contribution >= 4 is 35.4 Å². The molecule has 2 rings (SSSR count). The lowest BCUT2D eigenvalue weighted by atomic mass is 10.1. The van der Waals surface area contributed by atoms with Gasteiger partial charge in [-0.3, -0.25) is 0 Å². The topological polar surface area (TPSA) is 104 Å². The second-order valence-corrected chi connectivity index (χ2v) is 4.03. The van der Waals surface area contributed by atoms with Gasteiger partial charge in [0.05, 0.1) is 6.33 Å².